The van der Waals surface area contributed by atoms with Gasteiger partial charge in [0.1, 0.15) is 6.54 Å². The Kier molecular flexibility index (Phi) is 6.51. The van der Waals surface area contributed by atoms with Crippen molar-refractivity contribution in [2.45, 2.75) is 33.9 Å². The van der Waals surface area contributed by atoms with E-state index < -0.39 is 0 Å². The van der Waals surface area contributed by atoms with E-state index in [1.165, 1.54) is 0 Å². The van der Waals surface area contributed by atoms with Crippen molar-refractivity contribution in [3.05, 3.63) is 93.5 Å². The fraction of sp³-hybridized carbons (Fsp3) is 0.185. The number of nitrogens with one attached hydrogen (secondary N) is 1. The molecule has 36 heavy (non-hydrogen) atoms. The minimum Gasteiger partial charge on any atom is -0.321 e. The summed E-state index contributed by atoms with van der Waals surface area (Å²) in [6.07, 6.45) is 1.75. The Morgan fingerprint density at radius 1 is 0.889 bits per heavy atom. The van der Waals surface area contributed by atoms with Crippen LogP contribution in [0.5, 0.6) is 0 Å². The maximum Gasteiger partial charge on any atom is 0.246 e. The number of pyridine rings is 1. The van der Waals surface area contributed by atoms with E-state index >= 15 is 0 Å². The lowest BCUT2D eigenvalue weighted by molar-refractivity contribution is -0.116. The number of aromatic nitrogens is 5. The van der Waals surface area contributed by atoms with E-state index in [0.29, 0.717) is 33.6 Å². The first-order chi connectivity index (χ1) is 17.3. The normalized spacial score (nSPS) is 11.2. The van der Waals surface area contributed by atoms with Gasteiger partial charge in [0.15, 0.2) is 5.65 Å². The smallest absolute Gasteiger partial charge is 0.246 e. The van der Waals surface area contributed by atoms with E-state index in [0.717, 1.165) is 33.5 Å². The first-order valence-corrected chi connectivity index (χ1v) is 12.2. The van der Waals surface area contributed by atoms with E-state index in [-0.39, 0.29) is 12.5 Å². The molecule has 5 aromatic rings. The second kappa shape index (κ2) is 9.76. The number of benzene rings is 2. The van der Waals surface area contributed by atoms with Crippen molar-refractivity contribution in [1.29, 1.82) is 0 Å². The standard InChI is InChI=1S/C27H24Cl2N6O/c1-16-25-20(19-8-5-4-6-9-19)12-13-30-27(25)35(32-16)15-24(36)31-26-17(2)33-34(18(26)3)14-21-22(28)10-7-11-23(21)29/h4-13H,14-15H2,1-3H3,(H,31,36). The maximum absolute atomic E-state index is 13.1. The number of hydrogen-bond donors (Lipinski definition) is 1. The van der Waals surface area contributed by atoms with Crippen LogP contribution in [-0.2, 0) is 17.9 Å². The number of rotatable bonds is 6. The zero-order chi connectivity index (χ0) is 25.4. The van der Waals surface area contributed by atoms with Crippen LogP contribution in [0.3, 0.4) is 0 Å². The highest BCUT2D eigenvalue weighted by molar-refractivity contribution is 6.36. The SMILES string of the molecule is Cc1nn(Cc2c(Cl)cccc2Cl)c(C)c1NC(=O)Cn1nc(C)c2c(-c3ccccc3)ccnc21. The summed E-state index contributed by atoms with van der Waals surface area (Å²) >= 11 is 12.7. The van der Waals surface area contributed by atoms with Gasteiger partial charge >= 0.3 is 0 Å². The van der Waals surface area contributed by atoms with E-state index in [1.807, 2.05) is 45.0 Å². The molecule has 0 saturated carbocycles. The van der Waals surface area contributed by atoms with Crippen LogP contribution in [0.25, 0.3) is 22.2 Å². The van der Waals surface area contributed by atoms with Crippen LogP contribution in [0.4, 0.5) is 5.69 Å². The largest absolute Gasteiger partial charge is 0.321 e. The van der Waals surface area contributed by atoms with Crippen LogP contribution in [-0.4, -0.2) is 30.5 Å². The van der Waals surface area contributed by atoms with Gasteiger partial charge in [0.25, 0.3) is 0 Å². The average molecular weight is 519 g/mol. The molecule has 0 saturated heterocycles. The number of amides is 1. The lowest BCUT2D eigenvalue weighted by Gasteiger charge is -2.10. The molecular formula is C27H24Cl2N6O. The van der Waals surface area contributed by atoms with Crippen LogP contribution in [0, 0.1) is 20.8 Å². The first-order valence-electron chi connectivity index (χ1n) is 11.5. The average Bonchev–Trinajstić information content (AvgIpc) is 3.32. The van der Waals surface area contributed by atoms with Crippen molar-refractivity contribution >= 4 is 45.8 Å². The number of anilines is 1. The summed E-state index contributed by atoms with van der Waals surface area (Å²) in [5.74, 6) is -0.215. The van der Waals surface area contributed by atoms with Crippen LogP contribution in [0.2, 0.25) is 10.0 Å². The van der Waals surface area contributed by atoms with Gasteiger partial charge in [-0.05, 0) is 50.1 Å². The lowest BCUT2D eigenvalue weighted by Crippen LogP contribution is -2.20. The third-order valence-electron chi connectivity index (χ3n) is 6.20. The molecule has 0 radical (unpaired) electrons. The molecular weight excluding hydrogens is 495 g/mol. The fourth-order valence-corrected chi connectivity index (χ4v) is 4.95. The molecule has 0 spiro atoms. The summed E-state index contributed by atoms with van der Waals surface area (Å²) < 4.78 is 3.43. The second-order valence-corrected chi connectivity index (χ2v) is 9.43. The number of carbonyl (C=O) groups is 1. The van der Waals surface area contributed by atoms with Crippen LogP contribution in [0.1, 0.15) is 22.6 Å². The molecule has 7 nitrogen and oxygen atoms in total. The monoisotopic (exact) mass is 518 g/mol. The molecule has 2 aromatic carbocycles. The molecule has 9 heteroatoms. The Balaban J connectivity index is 1.40. The Morgan fingerprint density at radius 3 is 2.31 bits per heavy atom. The van der Waals surface area contributed by atoms with Crippen LogP contribution < -0.4 is 5.32 Å². The van der Waals surface area contributed by atoms with Gasteiger partial charge in [-0.15, -0.1) is 0 Å². The minimum atomic E-state index is -0.215. The number of hydrogen-bond acceptors (Lipinski definition) is 4. The number of halogens is 2. The Bertz CT molecular complexity index is 1570. The molecule has 0 aliphatic rings. The molecule has 5 rings (SSSR count). The Labute approximate surface area is 218 Å². The quantitative estimate of drug-likeness (QED) is 0.289. The van der Waals surface area contributed by atoms with Gasteiger partial charge in [-0.1, -0.05) is 59.6 Å². The Morgan fingerprint density at radius 2 is 1.58 bits per heavy atom. The van der Waals surface area contributed by atoms with Crippen molar-refractivity contribution in [3.63, 3.8) is 0 Å². The molecule has 0 bridgehead atoms. The number of nitrogens with zero attached hydrogens (tertiary/aromatic N) is 5. The zero-order valence-corrected chi connectivity index (χ0v) is 21.6. The van der Waals surface area contributed by atoms with Gasteiger partial charge < -0.3 is 5.32 Å². The summed E-state index contributed by atoms with van der Waals surface area (Å²) in [6.45, 7) is 6.12. The van der Waals surface area contributed by atoms with E-state index in [4.69, 9.17) is 23.2 Å². The molecule has 0 atom stereocenters. The number of fused-ring (bicyclic) bond motifs is 1. The van der Waals surface area contributed by atoms with E-state index in [9.17, 15) is 4.79 Å². The van der Waals surface area contributed by atoms with Crippen LogP contribution in [0.15, 0.2) is 60.8 Å². The summed E-state index contributed by atoms with van der Waals surface area (Å²) in [5, 5.41) is 14.3. The molecule has 3 heterocycles. The van der Waals surface area contributed by atoms with Crippen molar-refractivity contribution in [1.82, 2.24) is 24.5 Å². The second-order valence-electron chi connectivity index (χ2n) is 8.62. The number of aryl methyl sites for hydroxylation is 2. The Hall–Kier alpha value is -3.68. The van der Waals surface area contributed by atoms with Crippen LogP contribution >= 0.6 is 23.2 Å². The van der Waals surface area contributed by atoms with Gasteiger partial charge in [-0.25, -0.2) is 9.67 Å². The number of carbonyl (C=O) groups excluding carboxylic acids is 1. The van der Waals surface area contributed by atoms with Crippen molar-refractivity contribution in [2.75, 3.05) is 5.32 Å². The third kappa shape index (κ3) is 4.47. The molecule has 1 amide bonds. The predicted molar refractivity (Wildman–Crippen MR) is 144 cm³/mol. The molecule has 3 aromatic heterocycles. The third-order valence-corrected chi connectivity index (χ3v) is 6.91. The van der Waals surface area contributed by atoms with Crippen molar-refractivity contribution < 1.29 is 4.79 Å². The van der Waals surface area contributed by atoms with Crippen molar-refractivity contribution in [3.8, 4) is 11.1 Å². The highest BCUT2D eigenvalue weighted by Crippen LogP contribution is 2.30. The molecule has 0 aliphatic carbocycles. The minimum absolute atomic E-state index is 0.0238. The summed E-state index contributed by atoms with van der Waals surface area (Å²) in [4.78, 5) is 17.6. The summed E-state index contributed by atoms with van der Waals surface area (Å²) in [5.41, 5.74) is 6.56. The first kappa shape index (κ1) is 24.0. The summed E-state index contributed by atoms with van der Waals surface area (Å²) in [7, 11) is 0. The molecule has 0 unspecified atom stereocenters. The van der Waals surface area contributed by atoms with Gasteiger partial charge in [0.2, 0.25) is 5.91 Å². The molecule has 1 N–H and O–H groups in total. The highest BCUT2D eigenvalue weighted by atomic mass is 35.5. The van der Waals surface area contributed by atoms with Gasteiger partial charge in [-0.3, -0.25) is 9.48 Å². The summed E-state index contributed by atoms with van der Waals surface area (Å²) in [6, 6.07) is 17.5. The highest BCUT2D eigenvalue weighted by Gasteiger charge is 2.19. The molecule has 0 aliphatic heterocycles. The van der Waals surface area contributed by atoms with Crippen molar-refractivity contribution in [2.24, 2.45) is 0 Å². The lowest BCUT2D eigenvalue weighted by atomic mass is 10.0. The van der Waals surface area contributed by atoms with Gasteiger partial charge in [-0.2, -0.15) is 10.2 Å². The fourth-order valence-electron chi connectivity index (χ4n) is 4.43. The maximum atomic E-state index is 13.1. The van der Waals surface area contributed by atoms with E-state index in [2.05, 4.69) is 32.6 Å². The molecule has 0 fully saturated rings. The van der Waals surface area contributed by atoms with Gasteiger partial charge in [0, 0.05) is 27.2 Å². The zero-order valence-electron chi connectivity index (χ0n) is 20.1. The van der Waals surface area contributed by atoms with E-state index in [1.54, 1.807) is 33.8 Å². The molecule has 182 valence electrons. The predicted octanol–water partition coefficient (Wildman–Crippen LogP) is 6.21. The topological polar surface area (TPSA) is 77.6 Å². The van der Waals surface area contributed by atoms with Gasteiger partial charge in [0.05, 0.1) is 29.3 Å².